The number of quaternary nitrogens is 1. The van der Waals surface area contributed by atoms with Crippen molar-refractivity contribution in [2.24, 2.45) is 5.92 Å². The first-order valence-electron chi connectivity index (χ1n) is 7.89. The van der Waals surface area contributed by atoms with Gasteiger partial charge in [0.05, 0.1) is 19.6 Å². The molecule has 1 rings (SSSR count). The second kappa shape index (κ2) is 12.9. The SMILES string of the molecule is CCCCCCCCCC[NH+]1CCC(C)C1.[C-]#N. The van der Waals surface area contributed by atoms with Gasteiger partial charge in [0, 0.05) is 12.3 Å². The molecule has 2 heteroatoms. The summed E-state index contributed by atoms with van der Waals surface area (Å²) in [5.41, 5.74) is 0. The molecule has 2 unspecified atom stereocenters. The first-order valence-corrected chi connectivity index (χ1v) is 7.89. The van der Waals surface area contributed by atoms with Crippen LogP contribution in [0.25, 0.3) is 0 Å². The van der Waals surface area contributed by atoms with E-state index in [2.05, 4.69) is 13.8 Å². The molecular formula is C16H32N2. The molecule has 0 amide bonds. The van der Waals surface area contributed by atoms with E-state index in [0.717, 1.165) is 5.92 Å². The number of hydrogen-bond acceptors (Lipinski definition) is 1. The quantitative estimate of drug-likeness (QED) is 0.495. The minimum absolute atomic E-state index is 0.990. The van der Waals surface area contributed by atoms with Crippen molar-refractivity contribution in [3.05, 3.63) is 6.57 Å². The van der Waals surface area contributed by atoms with Gasteiger partial charge in [-0.2, -0.15) is 0 Å². The smallest absolute Gasteiger partial charge is 0.0799 e. The van der Waals surface area contributed by atoms with Crippen LogP contribution in [-0.2, 0) is 0 Å². The Hall–Kier alpha value is -0.550. The zero-order chi connectivity index (χ0) is 13.6. The van der Waals surface area contributed by atoms with E-state index in [1.165, 1.54) is 77.4 Å². The van der Waals surface area contributed by atoms with Crippen molar-refractivity contribution >= 4 is 0 Å². The molecule has 0 aromatic carbocycles. The van der Waals surface area contributed by atoms with Crippen molar-refractivity contribution in [3.8, 4) is 0 Å². The van der Waals surface area contributed by atoms with Gasteiger partial charge in [-0.05, 0) is 12.8 Å². The summed E-state index contributed by atoms with van der Waals surface area (Å²) in [6.07, 6.45) is 13.1. The molecule has 0 aliphatic carbocycles. The van der Waals surface area contributed by atoms with Gasteiger partial charge in [0.2, 0.25) is 0 Å². The highest BCUT2D eigenvalue weighted by Gasteiger charge is 2.21. The fourth-order valence-corrected chi connectivity index (χ4v) is 2.88. The fraction of sp³-hybridized carbons (Fsp3) is 0.938. The molecule has 2 nitrogen and oxygen atoms in total. The average molecular weight is 252 g/mol. The van der Waals surface area contributed by atoms with Crippen LogP contribution in [0, 0.1) is 17.8 Å². The first-order chi connectivity index (χ1) is 8.83. The van der Waals surface area contributed by atoms with E-state index < -0.39 is 0 Å². The lowest BCUT2D eigenvalue weighted by Gasteiger charge is -2.12. The van der Waals surface area contributed by atoms with Gasteiger partial charge in [-0.1, -0.05) is 52.4 Å². The summed E-state index contributed by atoms with van der Waals surface area (Å²) >= 11 is 0. The fourth-order valence-electron chi connectivity index (χ4n) is 2.88. The van der Waals surface area contributed by atoms with Crippen LogP contribution in [0.2, 0.25) is 0 Å². The molecule has 1 aliphatic heterocycles. The highest BCUT2D eigenvalue weighted by Crippen LogP contribution is 2.08. The summed E-state index contributed by atoms with van der Waals surface area (Å²) < 4.78 is 0. The molecule has 106 valence electrons. The number of likely N-dealkylation sites (tertiary alicyclic amines) is 1. The molecule has 18 heavy (non-hydrogen) atoms. The zero-order valence-electron chi connectivity index (χ0n) is 12.5. The second-order valence-electron chi connectivity index (χ2n) is 5.82. The van der Waals surface area contributed by atoms with E-state index >= 15 is 0 Å². The predicted octanol–water partition coefficient (Wildman–Crippen LogP) is 3.15. The van der Waals surface area contributed by atoms with Crippen molar-refractivity contribution in [3.63, 3.8) is 0 Å². The number of rotatable bonds is 9. The molecule has 0 aromatic heterocycles. The van der Waals surface area contributed by atoms with E-state index in [-0.39, 0.29) is 0 Å². The molecule has 0 aromatic rings. The van der Waals surface area contributed by atoms with Crippen LogP contribution in [0.1, 0.15) is 71.6 Å². The summed E-state index contributed by atoms with van der Waals surface area (Å²) in [6, 6.07) is 0. The van der Waals surface area contributed by atoms with Gasteiger partial charge in [0.1, 0.15) is 0 Å². The summed E-state index contributed by atoms with van der Waals surface area (Å²) in [6.45, 7) is 13.8. The van der Waals surface area contributed by atoms with Gasteiger partial charge in [-0.25, -0.2) is 0 Å². The summed E-state index contributed by atoms with van der Waals surface area (Å²) in [5.74, 6) is 0.990. The highest BCUT2D eigenvalue weighted by molar-refractivity contribution is 4.55. The predicted molar refractivity (Wildman–Crippen MR) is 76.9 cm³/mol. The van der Waals surface area contributed by atoms with Crippen molar-refractivity contribution < 1.29 is 4.90 Å². The third-order valence-corrected chi connectivity index (χ3v) is 4.01. The molecule has 2 atom stereocenters. The van der Waals surface area contributed by atoms with E-state index in [1.807, 2.05) is 4.90 Å². The number of hydrogen-bond donors (Lipinski definition) is 1. The Balaban J connectivity index is 0.00000137. The lowest BCUT2D eigenvalue weighted by molar-refractivity contribution is -0.889. The molecule has 1 fully saturated rings. The van der Waals surface area contributed by atoms with Gasteiger partial charge in [-0.3, -0.25) is 0 Å². The van der Waals surface area contributed by atoms with Crippen molar-refractivity contribution in [2.45, 2.75) is 71.6 Å². The normalized spacial score (nSPS) is 22.4. The van der Waals surface area contributed by atoms with Crippen LogP contribution < -0.4 is 4.90 Å². The Labute approximate surface area is 114 Å². The van der Waals surface area contributed by atoms with Crippen LogP contribution in [0.4, 0.5) is 0 Å². The van der Waals surface area contributed by atoms with Crippen LogP contribution in [0.15, 0.2) is 0 Å². The maximum Gasteiger partial charge on any atom is 0.0799 e. The maximum atomic E-state index is 6.25. The van der Waals surface area contributed by atoms with E-state index in [4.69, 9.17) is 11.8 Å². The maximum absolute atomic E-state index is 6.25. The van der Waals surface area contributed by atoms with Crippen LogP contribution in [0.3, 0.4) is 0 Å². The van der Waals surface area contributed by atoms with Gasteiger partial charge in [0.25, 0.3) is 0 Å². The molecule has 0 bridgehead atoms. The highest BCUT2D eigenvalue weighted by atomic mass is 15.1. The van der Waals surface area contributed by atoms with Gasteiger partial charge >= 0.3 is 0 Å². The van der Waals surface area contributed by atoms with Gasteiger partial charge in [0.15, 0.2) is 0 Å². The van der Waals surface area contributed by atoms with Gasteiger partial charge in [-0.15, -0.1) is 0 Å². The van der Waals surface area contributed by atoms with Crippen molar-refractivity contribution in [1.82, 2.24) is 0 Å². The monoisotopic (exact) mass is 252 g/mol. The summed E-state index contributed by atoms with van der Waals surface area (Å²) in [7, 11) is 0. The number of nitrogens with one attached hydrogen (secondary N) is 1. The molecule has 1 N–H and O–H groups in total. The molecule has 1 heterocycles. The van der Waals surface area contributed by atoms with E-state index in [1.54, 1.807) is 0 Å². The molecule has 1 saturated heterocycles. The van der Waals surface area contributed by atoms with Crippen LogP contribution in [0.5, 0.6) is 0 Å². The Morgan fingerprint density at radius 1 is 1.00 bits per heavy atom. The Bertz CT molecular complexity index is 189. The van der Waals surface area contributed by atoms with E-state index in [9.17, 15) is 0 Å². The Morgan fingerprint density at radius 2 is 1.56 bits per heavy atom. The van der Waals surface area contributed by atoms with Crippen LogP contribution >= 0.6 is 0 Å². The number of nitrogens with zero attached hydrogens (tertiary/aromatic N) is 1. The molecular weight excluding hydrogens is 220 g/mol. The lowest BCUT2D eigenvalue weighted by atomic mass is 10.1. The number of unbranched alkanes of at least 4 members (excludes halogenated alkanes) is 7. The van der Waals surface area contributed by atoms with Gasteiger partial charge < -0.3 is 16.7 Å². The summed E-state index contributed by atoms with van der Waals surface area (Å²) in [5, 5.41) is 6.25. The molecule has 1 aliphatic rings. The first kappa shape index (κ1) is 17.4. The zero-order valence-corrected chi connectivity index (χ0v) is 12.5. The lowest BCUT2D eigenvalue weighted by Crippen LogP contribution is -3.10. The third-order valence-electron chi connectivity index (χ3n) is 4.01. The standard InChI is InChI=1S/C15H31N.CN/c1-3-4-5-6-7-8-9-10-12-16-13-11-15(2)14-16;1-2/h15H,3-14H2,1-2H3;/q;-1/p+1. The van der Waals surface area contributed by atoms with Crippen LogP contribution in [-0.4, -0.2) is 19.6 Å². The topological polar surface area (TPSA) is 28.2 Å². The van der Waals surface area contributed by atoms with Crippen molar-refractivity contribution in [1.29, 1.82) is 5.26 Å². The van der Waals surface area contributed by atoms with Crippen molar-refractivity contribution in [2.75, 3.05) is 19.6 Å². The Morgan fingerprint density at radius 3 is 2.06 bits per heavy atom. The molecule has 0 saturated carbocycles. The minimum Gasteiger partial charge on any atom is -0.512 e. The minimum atomic E-state index is 0.990. The second-order valence-corrected chi connectivity index (χ2v) is 5.82. The van der Waals surface area contributed by atoms with E-state index in [0.29, 0.717) is 0 Å². The largest absolute Gasteiger partial charge is 0.512 e. The molecule has 0 spiro atoms. The molecule has 0 radical (unpaired) electrons. The average Bonchev–Trinajstić information content (AvgIpc) is 2.81. The Kier molecular flexibility index (Phi) is 12.5. The summed E-state index contributed by atoms with van der Waals surface area (Å²) in [4.78, 5) is 1.87. The third kappa shape index (κ3) is 9.48.